The van der Waals surface area contributed by atoms with Crippen molar-refractivity contribution in [1.29, 1.82) is 5.26 Å². The molecule has 1 unspecified atom stereocenters. The van der Waals surface area contributed by atoms with Crippen LogP contribution in [0.25, 0.3) is 0 Å². The number of carbonyl (C=O) groups excluding carboxylic acids is 1. The van der Waals surface area contributed by atoms with E-state index in [1.165, 1.54) is 18.2 Å². The van der Waals surface area contributed by atoms with Gasteiger partial charge in [0.1, 0.15) is 17.1 Å². The molecule has 1 amide bonds. The number of hydrogen-bond donors (Lipinski definition) is 2. The van der Waals surface area contributed by atoms with E-state index in [1.807, 2.05) is 11.8 Å². The lowest BCUT2D eigenvalue weighted by molar-refractivity contribution is 0.0610. The number of amides is 1. The van der Waals surface area contributed by atoms with Crippen molar-refractivity contribution in [3.63, 3.8) is 0 Å². The summed E-state index contributed by atoms with van der Waals surface area (Å²) in [5.74, 6) is -0.824. The van der Waals surface area contributed by atoms with Crippen molar-refractivity contribution < 1.29 is 15.0 Å². The molecule has 1 aromatic carbocycles. The number of nitrogens with zero attached hydrogens (tertiary/aromatic N) is 3. The number of hydrogen-bond acceptors (Lipinski definition) is 5. The van der Waals surface area contributed by atoms with E-state index in [9.17, 15) is 15.0 Å². The fraction of sp³-hybridized carbons (Fsp3) is 0.429. The number of aromatic hydroxyl groups is 2. The lowest BCUT2D eigenvalue weighted by Gasteiger charge is -2.36. The first kappa shape index (κ1) is 14.2. The van der Waals surface area contributed by atoms with E-state index in [0.29, 0.717) is 26.2 Å². The van der Waals surface area contributed by atoms with Crippen LogP contribution in [0.5, 0.6) is 11.5 Å². The molecule has 1 aromatic rings. The maximum absolute atomic E-state index is 12.3. The Labute approximate surface area is 117 Å². The van der Waals surface area contributed by atoms with Crippen molar-refractivity contribution in [2.24, 2.45) is 0 Å². The number of phenolic OH excluding ortho intramolecular Hbond substituents is 2. The van der Waals surface area contributed by atoms with E-state index in [-0.39, 0.29) is 29.0 Å². The molecule has 1 fully saturated rings. The number of carbonyl (C=O) groups is 1. The minimum Gasteiger partial charge on any atom is -0.507 e. The fourth-order valence-electron chi connectivity index (χ4n) is 2.30. The summed E-state index contributed by atoms with van der Waals surface area (Å²) >= 11 is 0. The van der Waals surface area contributed by atoms with Crippen LogP contribution in [0.4, 0.5) is 0 Å². The van der Waals surface area contributed by atoms with Crippen LogP contribution in [-0.2, 0) is 0 Å². The third-order valence-electron chi connectivity index (χ3n) is 3.57. The van der Waals surface area contributed by atoms with Gasteiger partial charge in [-0.15, -0.1) is 0 Å². The van der Waals surface area contributed by atoms with E-state index in [4.69, 9.17) is 5.26 Å². The monoisotopic (exact) mass is 275 g/mol. The average Bonchev–Trinajstić information content (AvgIpc) is 2.46. The third-order valence-corrected chi connectivity index (χ3v) is 3.57. The number of piperazine rings is 1. The fourth-order valence-corrected chi connectivity index (χ4v) is 2.30. The highest BCUT2D eigenvalue weighted by atomic mass is 16.3. The number of benzene rings is 1. The van der Waals surface area contributed by atoms with Gasteiger partial charge in [0.15, 0.2) is 0 Å². The Morgan fingerprint density at radius 1 is 1.25 bits per heavy atom. The second-order valence-electron chi connectivity index (χ2n) is 4.80. The summed E-state index contributed by atoms with van der Waals surface area (Å²) in [6.45, 7) is 3.98. The van der Waals surface area contributed by atoms with E-state index in [0.717, 1.165) is 0 Å². The van der Waals surface area contributed by atoms with Crippen LogP contribution in [0.3, 0.4) is 0 Å². The van der Waals surface area contributed by atoms with Gasteiger partial charge in [0.2, 0.25) is 0 Å². The normalized spacial score (nSPS) is 17.5. The lowest BCUT2D eigenvalue weighted by atomic mass is 10.1. The zero-order valence-electron chi connectivity index (χ0n) is 11.3. The van der Waals surface area contributed by atoms with Crippen LogP contribution in [0, 0.1) is 11.3 Å². The topological polar surface area (TPSA) is 87.8 Å². The largest absolute Gasteiger partial charge is 0.507 e. The maximum Gasteiger partial charge on any atom is 0.261 e. The van der Waals surface area contributed by atoms with Crippen LogP contribution in [0.1, 0.15) is 17.3 Å². The summed E-state index contributed by atoms with van der Waals surface area (Å²) in [5, 5.41) is 28.3. The number of phenols is 2. The highest BCUT2D eigenvalue weighted by molar-refractivity contribution is 5.99. The predicted octanol–water partition coefficient (Wildman–Crippen LogP) is 0.768. The predicted molar refractivity (Wildman–Crippen MR) is 72.3 cm³/mol. The number of rotatable bonds is 2. The second kappa shape index (κ2) is 5.80. The summed E-state index contributed by atoms with van der Waals surface area (Å²) in [5.41, 5.74) is -0.0609. The SMILES string of the molecule is CC(C#N)N1CCN(C(=O)c2c(O)cccc2O)CC1. The molecule has 1 atom stereocenters. The first-order valence-electron chi connectivity index (χ1n) is 6.48. The van der Waals surface area contributed by atoms with E-state index >= 15 is 0 Å². The van der Waals surface area contributed by atoms with Gasteiger partial charge in [0.25, 0.3) is 5.91 Å². The molecule has 0 aromatic heterocycles. The Kier molecular flexibility index (Phi) is 4.11. The number of nitriles is 1. The smallest absolute Gasteiger partial charge is 0.261 e. The summed E-state index contributed by atoms with van der Waals surface area (Å²) in [4.78, 5) is 15.9. The second-order valence-corrected chi connectivity index (χ2v) is 4.80. The summed E-state index contributed by atoms with van der Waals surface area (Å²) in [6.07, 6.45) is 0. The van der Waals surface area contributed by atoms with Crippen molar-refractivity contribution in [2.75, 3.05) is 26.2 Å². The molecular formula is C14H17N3O3. The molecule has 0 bridgehead atoms. The van der Waals surface area contributed by atoms with Gasteiger partial charge < -0.3 is 15.1 Å². The molecule has 1 aliphatic rings. The van der Waals surface area contributed by atoms with Crippen LogP contribution >= 0.6 is 0 Å². The molecule has 20 heavy (non-hydrogen) atoms. The van der Waals surface area contributed by atoms with E-state index in [2.05, 4.69) is 6.07 Å². The minimum atomic E-state index is -0.384. The molecule has 0 spiro atoms. The molecule has 1 saturated heterocycles. The van der Waals surface area contributed by atoms with Crippen LogP contribution in [0.2, 0.25) is 0 Å². The molecule has 2 rings (SSSR count). The first-order valence-corrected chi connectivity index (χ1v) is 6.48. The quantitative estimate of drug-likeness (QED) is 0.832. The van der Waals surface area contributed by atoms with Crippen molar-refractivity contribution in [1.82, 2.24) is 9.80 Å². The van der Waals surface area contributed by atoms with Crippen molar-refractivity contribution >= 4 is 5.91 Å². The Balaban J connectivity index is 2.08. The molecule has 0 aliphatic carbocycles. The Morgan fingerprint density at radius 3 is 2.30 bits per heavy atom. The molecule has 0 saturated carbocycles. The van der Waals surface area contributed by atoms with Gasteiger partial charge in [0.05, 0.1) is 12.1 Å². The first-order chi connectivity index (χ1) is 9.54. The zero-order chi connectivity index (χ0) is 14.7. The zero-order valence-corrected chi connectivity index (χ0v) is 11.3. The average molecular weight is 275 g/mol. The van der Waals surface area contributed by atoms with Gasteiger partial charge in [-0.3, -0.25) is 9.69 Å². The highest BCUT2D eigenvalue weighted by Gasteiger charge is 2.27. The van der Waals surface area contributed by atoms with Gasteiger partial charge >= 0.3 is 0 Å². The Bertz CT molecular complexity index is 525. The Morgan fingerprint density at radius 2 is 1.80 bits per heavy atom. The van der Waals surface area contributed by atoms with Crippen LogP contribution < -0.4 is 0 Å². The van der Waals surface area contributed by atoms with Crippen LogP contribution in [0.15, 0.2) is 18.2 Å². The van der Waals surface area contributed by atoms with E-state index < -0.39 is 0 Å². The third kappa shape index (κ3) is 2.68. The van der Waals surface area contributed by atoms with Crippen molar-refractivity contribution in [2.45, 2.75) is 13.0 Å². The summed E-state index contributed by atoms with van der Waals surface area (Å²) in [7, 11) is 0. The van der Waals surface area contributed by atoms with Gasteiger partial charge in [-0.25, -0.2) is 0 Å². The van der Waals surface area contributed by atoms with Gasteiger partial charge in [-0.2, -0.15) is 5.26 Å². The molecule has 1 heterocycles. The van der Waals surface area contributed by atoms with Gasteiger partial charge in [-0.1, -0.05) is 6.07 Å². The maximum atomic E-state index is 12.3. The summed E-state index contributed by atoms with van der Waals surface area (Å²) < 4.78 is 0. The molecular weight excluding hydrogens is 258 g/mol. The van der Waals surface area contributed by atoms with Crippen molar-refractivity contribution in [3.8, 4) is 17.6 Å². The molecule has 6 nitrogen and oxygen atoms in total. The van der Waals surface area contributed by atoms with Crippen molar-refractivity contribution in [3.05, 3.63) is 23.8 Å². The minimum absolute atomic E-state index is 0.0609. The molecule has 0 radical (unpaired) electrons. The Hall–Kier alpha value is -2.26. The summed E-state index contributed by atoms with van der Waals surface area (Å²) in [6, 6.07) is 6.23. The molecule has 2 N–H and O–H groups in total. The molecule has 1 aliphatic heterocycles. The van der Waals surface area contributed by atoms with E-state index in [1.54, 1.807) is 4.90 Å². The van der Waals surface area contributed by atoms with Crippen LogP contribution in [-0.4, -0.2) is 58.1 Å². The molecule has 106 valence electrons. The van der Waals surface area contributed by atoms with Gasteiger partial charge in [-0.05, 0) is 19.1 Å². The standard InChI is InChI=1S/C14H17N3O3/c1-10(9-15)16-5-7-17(8-6-16)14(20)13-11(18)3-2-4-12(13)19/h2-4,10,18-19H,5-8H2,1H3. The lowest BCUT2D eigenvalue weighted by Crippen LogP contribution is -2.51. The highest BCUT2D eigenvalue weighted by Crippen LogP contribution is 2.28. The molecule has 6 heteroatoms. The van der Waals surface area contributed by atoms with Gasteiger partial charge in [0, 0.05) is 26.2 Å².